The molecule has 6 rings (SSSR count). The first-order chi connectivity index (χ1) is 19.8. The molecule has 6 aromatic rings. The van der Waals surface area contributed by atoms with Gasteiger partial charge in [-0.3, -0.25) is 0 Å². The van der Waals surface area contributed by atoms with E-state index in [1.165, 1.54) is 0 Å². The van der Waals surface area contributed by atoms with Crippen molar-refractivity contribution in [1.29, 1.82) is 0 Å². The summed E-state index contributed by atoms with van der Waals surface area (Å²) in [4.78, 5) is 4.97. The average molecular weight is 558 g/mol. The first-order valence-electron chi connectivity index (χ1n) is 13.4. The molecule has 1 unspecified atom stereocenters. The molecule has 0 amide bonds. The molecule has 7 heteroatoms. The van der Waals surface area contributed by atoms with Gasteiger partial charge in [0.25, 0.3) is 0 Å². The predicted molar refractivity (Wildman–Crippen MR) is 169 cm³/mol. The number of hydrogen-bond acceptors (Lipinski definition) is 4. The van der Waals surface area contributed by atoms with Gasteiger partial charge in [0.15, 0.2) is 0 Å². The molecule has 2 N–H and O–H groups in total. The third-order valence-corrected chi connectivity index (χ3v) is 7.73. The Morgan fingerprint density at radius 1 is 0.927 bits per heavy atom. The fourth-order valence-electron chi connectivity index (χ4n) is 5.41. The van der Waals surface area contributed by atoms with Gasteiger partial charge in [-0.1, -0.05) is 6.07 Å². The van der Waals surface area contributed by atoms with Crippen molar-refractivity contribution in [3.63, 3.8) is 0 Å². The first-order valence-corrected chi connectivity index (χ1v) is 13.8. The zero-order valence-corrected chi connectivity index (χ0v) is 23.9. The van der Waals surface area contributed by atoms with Crippen LogP contribution in [-0.4, -0.2) is 28.7 Å². The quantitative estimate of drug-likeness (QED) is 0.212. The number of aliphatic hydroxyl groups is 1. The SMILES string of the molecule is COc1cccc(Nc2cc(-c3cccc(C)c3)c3cc(C(O)(c4ccc(Cl)cc4)c4cbcn4C)ccc3n2)c1. The van der Waals surface area contributed by atoms with Crippen molar-refractivity contribution in [1.82, 2.24) is 9.55 Å². The van der Waals surface area contributed by atoms with Crippen molar-refractivity contribution in [2.45, 2.75) is 12.5 Å². The monoisotopic (exact) mass is 557 g/mol. The molecule has 0 fully saturated rings. The molecule has 0 aliphatic rings. The molecule has 1 atom stereocenters. The molecule has 0 saturated carbocycles. The number of aromatic nitrogens is 2. The van der Waals surface area contributed by atoms with E-state index in [4.69, 9.17) is 21.3 Å². The third-order valence-electron chi connectivity index (χ3n) is 7.47. The number of benzene rings is 4. The van der Waals surface area contributed by atoms with E-state index in [1.54, 1.807) is 7.11 Å². The zero-order valence-electron chi connectivity index (χ0n) is 23.1. The number of aryl methyl sites for hydroxylation is 2. The second-order valence-electron chi connectivity index (χ2n) is 10.2. The van der Waals surface area contributed by atoms with Gasteiger partial charge >= 0.3 is 216 Å². The summed E-state index contributed by atoms with van der Waals surface area (Å²) >= 11 is 6.23. The van der Waals surface area contributed by atoms with Crippen LogP contribution in [0.2, 0.25) is 5.02 Å². The van der Waals surface area contributed by atoms with Gasteiger partial charge in [-0.2, -0.15) is 0 Å². The van der Waals surface area contributed by atoms with Crippen molar-refractivity contribution in [3.05, 3.63) is 137 Å². The van der Waals surface area contributed by atoms with Crippen LogP contribution in [0.4, 0.5) is 11.5 Å². The van der Waals surface area contributed by atoms with E-state index in [2.05, 4.69) is 48.6 Å². The van der Waals surface area contributed by atoms with Gasteiger partial charge in [0, 0.05) is 0 Å². The standard InChI is InChI=1S/C34H29BClN3O2/c1-22-6-4-7-23(16-22)29-19-33(37-27-8-5-9-28(18-27)41-3)38-31-15-12-25(17-30(29)31)34(40,32-20-35-21-39(32)2)24-10-13-26(36)14-11-24/h4-21,40H,1-3H3,(H,37,38). The summed E-state index contributed by atoms with van der Waals surface area (Å²) in [6.07, 6.45) is 1.94. The Kier molecular flexibility index (Phi) is 7.12. The van der Waals surface area contributed by atoms with E-state index in [1.807, 2.05) is 91.2 Å². The van der Waals surface area contributed by atoms with Crippen LogP contribution in [0.15, 0.2) is 109 Å². The van der Waals surface area contributed by atoms with Crippen LogP contribution in [0, 0.1) is 6.92 Å². The summed E-state index contributed by atoms with van der Waals surface area (Å²) in [6.45, 7) is 4.02. The molecule has 5 nitrogen and oxygen atoms in total. The van der Waals surface area contributed by atoms with Crippen molar-refractivity contribution < 1.29 is 9.84 Å². The molecular formula is C34H29BClN3O2. The topological polar surface area (TPSA) is 59.3 Å². The molecule has 0 spiro atoms. The number of rotatable bonds is 7. The number of ether oxygens (including phenoxy) is 1. The van der Waals surface area contributed by atoms with E-state index in [-0.39, 0.29) is 0 Å². The van der Waals surface area contributed by atoms with Gasteiger partial charge in [0.1, 0.15) is 5.75 Å². The van der Waals surface area contributed by atoms with Crippen LogP contribution in [0.1, 0.15) is 22.4 Å². The molecule has 0 bridgehead atoms. The molecule has 0 saturated heterocycles. The Labute approximate surface area is 245 Å². The number of pyridine rings is 1. The molecule has 0 aliphatic heterocycles. The Hall–Kier alpha value is -4.39. The van der Waals surface area contributed by atoms with E-state index >= 15 is 0 Å². The first kappa shape index (κ1) is 26.8. The number of halogens is 1. The van der Waals surface area contributed by atoms with Gasteiger partial charge in [-0.05, 0) is 6.07 Å². The Bertz CT molecular complexity index is 1870. The number of nitrogens with one attached hydrogen (secondary N) is 1. The molecule has 202 valence electrons. The van der Waals surface area contributed by atoms with Gasteiger partial charge in [-0.25, -0.2) is 0 Å². The van der Waals surface area contributed by atoms with Crippen molar-refractivity contribution in [3.8, 4) is 16.9 Å². The number of nitrogens with zero attached hydrogens (tertiary/aromatic N) is 2. The van der Waals surface area contributed by atoms with Gasteiger partial charge in [0.05, 0.1) is 7.11 Å². The van der Waals surface area contributed by atoms with Gasteiger partial charge in [-0.15, -0.1) is 0 Å². The van der Waals surface area contributed by atoms with Crippen molar-refractivity contribution >= 4 is 40.9 Å². The third kappa shape index (κ3) is 5.12. The molecule has 41 heavy (non-hydrogen) atoms. The summed E-state index contributed by atoms with van der Waals surface area (Å²) in [5.74, 6) is 3.42. The summed E-state index contributed by atoms with van der Waals surface area (Å²) in [5.41, 5.74) is 5.72. The van der Waals surface area contributed by atoms with E-state index in [0.29, 0.717) is 10.8 Å². The normalized spacial score (nSPS) is 12.6. The van der Waals surface area contributed by atoms with E-state index in [0.717, 1.165) is 55.9 Å². The summed E-state index contributed by atoms with van der Waals surface area (Å²) in [5, 5.41) is 17.5. The zero-order chi connectivity index (χ0) is 28.6. The molecule has 4 aromatic carbocycles. The maximum atomic E-state index is 12.5. The minimum atomic E-state index is -1.42. The van der Waals surface area contributed by atoms with Crippen LogP contribution < -0.4 is 10.1 Å². The van der Waals surface area contributed by atoms with E-state index < -0.39 is 5.60 Å². The van der Waals surface area contributed by atoms with Crippen LogP contribution in [0.5, 0.6) is 5.75 Å². The number of hydrogen-bond donors (Lipinski definition) is 2. The molecule has 0 aliphatic carbocycles. The Morgan fingerprint density at radius 3 is 2.44 bits per heavy atom. The van der Waals surface area contributed by atoms with Crippen LogP contribution >= 0.6 is 11.6 Å². The summed E-state index contributed by atoms with van der Waals surface area (Å²) in [6, 6.07) is 31.6. The number of fused-ring (bicyclic) bond motifs is 1. The van der Waals surface area contributed by atoms with Crippen LogP contribution in [0.25, 0.3) is 22.0 Å². The second-order valence-corrected chi connectivity index (χ2v) is 10.7. The average Bonchev–Trinajstić information content (AvgIpc) is 3.43. The summed E-state index contributed by atoms with van der Waals surface area (Å²) < 4.78 is 7.35. The predicted octanol–water partition coefficient (Wildman–Crippen LogP) is 7.58. The summed E-state index contributed by atoms with van der Waals surface area (Å²) in [7, 11) is 3.59. The van der Waals surface area contributed by atoms with Gasteiger partial charge in [0.2, 0.25) is 0 Å². The second kappa shape index (κ2) is 10.9. The number of methoxy groups -OCH3 is 1. The fourth-order valence-corrected chi connectivity index (χ4v) is 5.53. The van der Waals surface area contributed by atoms with Crippen molar-refractivity contribution in [2.75, 3.05) is 12.4 Å². The molecule has 2 heterocycles. The van der Waals surface area contributed by atoms with Gasteiger partial charge < -0.3 is 4.74 Å². The van der Waals surface area contributed by atoms with Crippen LogP contribution in [0.3, 0.4) is 0 Å². The minimum absolute atomic E-state index is 0.614. The fraction of sp³-hybridized carbons (Fsp3) is 0.118. The van der Waals surface area contributed by atoms with Crippen molar-refractivity contribution in [2.24, 2.45) is 7.05 Å². The molecule has 2 aromatic heterocycles. The Morgan fingerprint density at radius 2 is 1.71 bits per heavy atom. The Balaban J connectivity index is 1.56. The van der Waals surface area contributed by atoms with E-state index in [9.17, 15) is 5.11 Å². The molecule has 0 radical (unpaired) electrons. The molecular weight excluding hydrogens is 529 g/mol. The maximum absolute atomic E-state index is 12.5. The number of anilines is 2. The van der Waals surface area contributed by atoms with Crippen LogP contribution in [-0.2, 0) is 12.6 Å².